The van der Waals surface area contributed by atoms with Crippen molar-refractivity contribution in [3.05, 3.63) is 87.3 Å². The third-order valence-electron chi connectivity index (χ3n) is 4.85. The van der Waals surface area contributed by atoms with Crippen molar-refractivity contribution < 1.29 is 27.9 Å². The normalized spacial score (nSPS) is 17.0. The first-order valence-corrected chi connectivity index (χ1v) is 11.1. The van der Waals surface area contributed by atoms with Gasteiger partial charge in [-0.1, -0.05) is 47.6 Å². The van der Waals surface area contributed by atoms with Crippen LogP contribution < -0.4 is 10.6 Å². The molecule has 3 aromatic rings. The number of ketones is 1. The first-order chi connectivity index (χ1) is 15.5. The van der Waals surface area contributed by atoms with E-state index in [1.165, 1.54) is 6.26 Å². The van der Waals surface area contributed by atoms with Gasteiger partial charge in [-0.15, -0.1) is 0 Å². The summed E-state index contributed by atoms with van der Waals surface area (Å²) >= 11 is 7.22. The van der Waals surface area contributed by atoms with Gasteiger partial charge in [-0.3, -0.25) is 9.59 Å². The number of rotatable bonds is 9. The molecule has 9 heteroatoms. The SMILES string of the molecule is O=C1CC(=O)C(Cc2ccc(OCC(OCc3coc(=O)o3)c3cccc(Cl)c3)cc2)S1. The van der Waals surface area contributed by atoms with Crippen LogP contribution in [0.1, 0.15) is 29.4 Å². The maximum Gasteiger partial charge on any atom is 0.518 e. The number of hydrogen-bond acceptors (Lipinski definition) is 8. The predicted molar refractivity (Wildman–Crippen MR) is 118 cm³/mol. The van der Waals surface area contributed by atoms with Gasteiger partial charge in [-0.2, -0.15) is 0 Å². The fraction of sp³-hybridized carbons (Fsp3) is 0.261. The van der Waals surface area contributed by atoms with E-state index in [2.05, 4.69) is 4.42 Å². The van der Waals surface area contributed by atoms with Crippen molar-refractivity contribution in [3.63, 3.8) is 0 Å². The van der Waals surface area contributed by atoms with Crippen LogP contribution >= 0.6 is 23.4 Å². The molecule has 1 aliphatic heterocycles. The summed E-state index contributed by atoms with van der Waals surface area (Å²) in [6.45, 7) is 0.213. The van der Waals surface area contributed by atoms with E-state index in [0.717, 1.165) is 22.9 Å². The van der Waals surface area contributed by atoms with Crippen LogP contribution in [0, 0.1) is 0 Å². The highest BCUT2D eigenvalue weighted by Gasteiger charge is 2.31. The minimum Gasteiger partial charge on any atom is -0.491 e. The molecule has 2 aromatic carbocycles. The second-order valence-corrected chi connectivity index (χ2v) is 8.89. The number of thioether (sulfide) groups is 1. The van der Waals surface area contributed by atoms with Crippen molar-refractivity contribution in [2.45, 2.75) is 30.8 Å². The highest BCUT2D eigenvalue weighted by Crippen LogP contribution is 2.29. The van der Waals surface area contributed by atoms with Crippen LogP contribution in [-0.4, -0.2) is 22.8 Å². The zero-order chi connectivity index (χ0) is 22.5. The van der Waals surface area contributed by atoms with E-state index in [1.807, 2.05) is 36.4 Å². The molecule has 32 heavy (non-hydrogen) atoms. The molecular weight excluding hydrogens is 456 g/mol. The van der Waals surface area contributed by atoms with Crippen LogP contribution in [0.2, 0.25) is 5.02 Å². The van der Waals surface area contributed by atoms with Gasteiger partial charge in [-0.05, 0) is 41.8 Å². The summed E-state index contributed by atoms with van der Waals surface area (Å²) < 4.78 is 21.3. The van der Waals surface area contributed by atoms with Gasteiger partial charge >= 0.3 is 5.82 Å². The van der Waals surface area contributed by atoms with Gasteiger partial charge in [0.2, 0.25) is 0 Å². The molecule has 1 fully saturated rings. The molecule has 0 bridgehead atoms. The van der Waals surface area contributed by atoms with Crippen molar-refractivity contribution in [2.24, 2.45) is 0 Å². The molecule has 2 heterocycles. The highest BCUT2D eigenvalue weighted by molar-refractivity contribution is 8.15. The topological polar surface area (TPSA) is 96.0 Å². The lowest BCUT2D eigenvalue weighted by Gasteiger charge is -2.19. The molecule has 2 unspecified atom stereocenters. The lowest BCUT2D eigenvalue weighted by Crippen LogP contribution is -2.15. The molecule has 0 amide bonds. The summed E-state index contributed by atoms with van der Waals surface area (Å²) in [5.74, 6) is 0.0847. The van der Waals surface area contributed by atoms with E-state index >= 15 is 0 Å². The van der Waals surface area contributed by atoms with E-state index in [9.17, 15) is 14.4 Å². The third-order valence-corrected chi connectivity index (χ3v) is 6.20. The molecule has 0 N–H and O–H groups in total. The quantitative estimate of drug-likeness (QED) is 0.422. The zero-order valence-corrected chi connectivity index (χ0v) is 18.4. The molecular formula is C23H19ClO7S. The standard InChI is InChI=1S/C23H19ClO7S/c24-16-3-1-2-15(9-16)20(29-11-18-12-30-23(27)31-18)13-28-17-6-4-14(5-7-17)8-21-19(25)10-22(26)32-21/h1-7,9,12,20-21H,8,10-11,13H2. The van der Waals surface area contributed by atoms with Gasteiger partial charge in [0, 0.05) is 5.02 Å². The summed E-state index contributed by atoms with van der Waals surface area (Å²) in [7, 11) is 0. The number of Topliss-reactive ketones (excluding diaryl/α,β-unsaturated/α-hetero) is 1. The Morgan fingerprint density at radius 2 is 1.94 bits per heavy atom. The molecule has 1 aromatic heterocycles. The number of hydrogen-bond donors (Lipinski definition) is 0. The van der Waals surface area contributed by atoms with Crippen molar-refractivity contribution in [1.29, 1.82) is 0 Å². The first kappa shape index (κ1) is 22.4. The molecule has 0 aliphatic carbocycles. The monoisotopic (exact) mass is 474 g/mol. The van der Waals surface area contributed by atoms with Crippen molar-refractivity contribution in [1.82, 2.24) is 0 Å². The summed E-state index contributed by atoms with van der Waals surface area (Å²) in [4.78, 5) is 34.3. The summed E-state index contributed by atoms with van der Waals surface area (Å²) in [5.41, 5.74) is 1.76. The van der Waals surface area contributed by atoms with Crippen LogP contribution in [0.15, 0.2) is 68.4 Å². The largest absolute Gasteiger partial charge is 0.518 e. The number of halogens is 1. The fourth-order valence-corrected chi connectivity index (χ4v) is 4.48. The molecule has 7 nitrogen and oxygen atoms in total. The van der Waals surface area contributed by atoms with E-state index < -0.39 is 11.9 Å². The second-order valence-electron chi connectivity index (χ2n) is 7.19. The number of ether oxygens (including phenoxy) is 2. The molecule has 2 atom stereocenters. The zero-order valence-electron chi connectivity index (χ0n) is 16.8. The molecule has 0 spiro atoms. The van der Waals surface area contributed by atoms with E-state index in [1.54, 1.807) is 12.1 Å². The Balaban J connectivity index is 1.39. The summed E-state index contributed by atoms with van der Waals surface area (Å²) in [6.07, 6.45) is 1.26. The highest BCUT2D eigenvalue weighted by atomic mass is 35.5. The molecule has 166 valence electrons. The van der Waals surface area contributed by atoms with Gasteiger partial charge in [0.05, 0.1) is 11.7 Å². The second kappa shape index (κ2) is 10.2. The lowest BCUT2D eigenvalue weighted by atomic mass is 10.1. The van der Waals surface area contributed by atoms with Crippen molar-refractivity contribution >= 4 is 34.3 Å². The van der Waals surface area contributed by atoms with Gasteiger partial charge < -0.3 is 18.3 Å². The maximum absolute atomic E-state index is 11.8. The molecule has 0 radical (unpaired) electrons. The number of benzene rings is 2. The lowest BCUT2D eigenvalue weighted by molar-refractivity contribution is -0.121. The molecule has 4 rings (SSSR count). The third kappa shape index (κ3) is 5.91. The predicted octanol–water partition coefficient (Wildman–Crippen LogP) is 4.37. The van der Waals surface area contributed by atoms with E-state index in [4.69, 9.17) is 25.5 Å². The van der Waals surface area contributed by atoms with Gasteiger partial charge in [-0.25, -0.2) is 4.79 Å². The maximum atomic E-state index is 11.8. The Morgan fingerprint density at radius 1 is 1.12 bits per heavy atom. The smallest absolute Gasteiger partial charge is 0.491 e. The summed E-state index contributed by atoms with van der Waals surface area (Å²) in [6, 6.07) is 14.6. The summed E-state index contributed by atoms with van der Waals surface area (Å²) in [5, 5.41) is 0.188. The fourth-order valence-electron chi connectivity index (χ4n) is 3.25. The first-order valence-electron chi connectivity index (χ1n) is 9.85. The molecule has 1 saturated heterocycles. The van der Waals surface area contributed by atoms with Crippen LogP contribution in [0.4, 0.5) is 0 Å². The Labute approximate surface area is 192 Å². The molecule has 0 saturated carbocycles. The average molecular weight is 475 g/mol. The van der Waals surface area contributed by atoms with Gasteiger partial charge in [0.1, 0.15) is 31.3 Å². The van der Waals surface area contributed by atoms with Crippen LogP contribution in [0.5, 0.6) is 5.75 Å². The average Bonchev–Trinajstić information content (AvgIpc) is 3.33. The van der Waals surface area contributed by atoms with Crippen molar-refractivity contribution in [2.75, 3.05) is 6.61 Å². The van der Waals surface area contributed by atoms with E-state index in [0.29, 0.717) is 17.2 Å². The minimum absolute atomic E-state index is 0.0175. The Bertz CT molecular complexity index is 1150. The van der Waals surface area contributed by atoms with Gasteiger partial charge in [0.15, 0.2) is 16.7 Å². The van der Waals surface area contributed by atoms with Crippen LogP contribution in [-0.2, 0) is 27.4 Å². The number of carbonyl (C=O) groups is 2. The Kier molecular flexibility index (Phi) is 7.14. The van der Waals surface area contributed by atoms with Crippen LogP contribution in [0.3, 0.4) is 0 Å². The Hall–Kier alpha value is -2.81. The van der Waals surface area contributed by atoms with Crippen LogP contribution in [0.25, 0.3) is 0 Å². The number of carbonyl (C=O) groups excluding carboxylic acids is 2. The Morgan fingerprint density at radius 3 is 2.59 bits per heavy atom. The van der Waals surface area contributed by atoms with Crippen molar-refractivity contribution in [3.8, 4) is 5.75 Å². The molecule has 1 aliphatic rings. The van der Waals surface area contributed by atoms with Gasteiger partial charge in [0.25, 0.3) is 0 Å². The van der Waals surface area contributed by atoms with E-state index in [-0.39, 0.29) is 41.5 Å². The minimum atomic E-state index is -0.790.